The van der Waals surface area contributed by atoms with Crippen molar-refractivity contribution >= 4 is 50.6 Å². The number of ether oxygens (including phenoxy) is 1. The van der Waals surface area contributed by atoms with Crippen molar-refractivity contribution in [3.8, 4) is 0 Å². The molecule has 144 valence electrons. The number of sulfone groups is 1. The third kappa shape index (κ3) is 5.15. The number of amides is 1. The van der Waals surface area contributed by atoms with Crippen LogP contribution in [-0.2, 0) is 19.4 Å². The number of alkyl halides is 2. The first-order valence-corrected chi connectivity index (χ1v) is 9.46. The second-order valence-electron chi connectivity index (χ2n) is 5.05. The number of nitrogens with one attached hydrogen (secondary N) is 1. The Morgan fingerprint density at radius 3 is 2.11 bits per heavy atom. The summed E-state index contributed by atoms with van der Waals surface area (Å²) in [4.78, 5) is 23.1. The van der Waals surface area contributed by atoms with Gasteiger partial charge in [-0.1, -0.05) is 29.3 Å². The van der Waals surface area contributed by atoms with E-state index in [0.717, 1.165) is 24.3 Å². The lowest BCUT2D eigenvalue weighted by atomic mass is 10.2. The average Bonchev–Trinajstić information content (AvgIpc) is 2.63. The van der Waals surface area contributed by atoms with Gasteiger partial charge in [0.2, 0.25) is 9.84 Å². The Kier molecular flexibility index (Phi) is 6.74. The minimum Gasteiger partial charge on any atom is -0.452 e. The van der Waals surface area contributed by atoms with Crippen LogP contribution < -0.4 is 5.32 Å². The van der Waals surface area contributed by atoms with Gasteiger partial charge in [0.25, 0.3) is 5.91 Å². The van der Waals surface area contributed by atoms with Crippen molar-refractivity contribution in [2.45, 2.75) is 10.7 Å². The maximum atomic E-state index is 12.5. The molecule has 1 amide bonds. The summed E-state index contributed by atoms with van der Waals surface area (Å²) in [5.74, 6) is -5.23. The monoisotopic (exact) mass is 437 g/mol. The number of rotatable bonds is 6. The fourth-order valence-corrected chi connectivity index (χ4v) is 3.10. The van der Waals surface area contributed by atoms with Gasteiger partial charge in [-0.25, -0.2) is 13.2 Å². The minimum absolute atomic E-state index is 0.119. The molecule has 0 radical (unpaired) electrons. The van der Waals surface area contributed by atoms with Crippen molar-refractivity contribution < 1.29 is 31.5 Å². The second-order valence-corrected chi connectivity index (χ2v) is 7.78. The molecule has 0 aliphatic rings. The van der Waals surface area contributed by atoms with Gasteiger partial charge in [-0.3, -0.25) is 4.79 Å². The first-order chi connectivity index (χ1) is 12.6. The van der Waals surface area contributed by atoms with Gasteiger partial charge in [-0.15, -0.1) is 0 Å². The molecule has 27 heavy (non-hydrogen) atoms. The summed E-state index contributed by atoms with van der Waals surface area (Å²) < 4.78 is 52.3. The van der Waals surface area contributed by atoms with Crippen LogP contribution >= 0.6 is 23.2 Å². The van der Waals surface area contributed by atoms with Crippen molar-refractivity contribution in [2.75, 3.05) is 11.9 Å². The lowest BCUT2D eigenvalue weighted by Crippen LogP contribution is -2.21. The summed E-state index contributed by atoms with van der Waals surface area (Å²) in [5, 5.41) is 2.77. The zero-order valence-corrected chi connectivity index (χ0v) is 15.6. The molecule has 0 aliphatic carbocycles. The summed E-state index contributed by atoms with van der Waals surface area (Å²) in [6.07, 6.45) is 0. The van der Waals surface area contributed by atoms with Crippen LogP contribution in [0.15, 0.2) is 47.4 Å². The average molecular weight is 438 g/mol. The lowest BCUT2D eigenvalue weighted by Gasteiger charge is -2.10. The van der Waals surface area contributed by atoms with Crippen LogP contribution in [-0.4, -0.2) is 32.7 Å². The van der Waals surface area contributed by atoms with Gasteiger partial charge >= 0.3 is 11.7 Å². The molecule has 0 aromatic heterocycles. The molecule has 0 heterocycles. The third-order valence-electron chi connectivity index (χ3n) is 3.21. The van der Waals surface area contributed by atoms with E-state index in [9.17, 15) is 26.8 Å². The molecule has 2 aromatic rings. The number of benzene rings is 2. The Labute approximate surface area is 162 Å². The zero-order valence-electron chi connectivity index (χ0n) is 13.3. The zero-order chi connectivity index (χ0) is 20.2. The van der Waals surface area contributed by atoms with Crippen molar-refractivity contribution in [2.24, 2.45) is 0 Å². The van der Waals surface area contributed by atoms with E-state index in [0.29, 0.717) is 0 Å². The van der Waals surface area contributed by atoms with Crippen LogP contribution in [0.3, 0.4) is 0 Å². The van der Waals surface area contributed by atoms with Crippen LogP contribution in [0.4, 0.5) is 14.5 Å². The molecule has 0 fully saturated rings. The number of anilines is 1. The van der Waals surface area contributed by atoms with Crippen molar-refractivity contribution in [3.05, 3.63) is 58.1 Å². The Morgan fingerprint density at radius 1 is 1.04 bits per heavy atom. The summed E-state index contributed by atoms with van der Waals surface area (Å²) >= 11 is 11.8. The molecule has 2 aromatic carbocycles. The number of hydrogen-bond donors (Lipinski definition) is 1. The van der Waals surface area contributed by atoms with Crippen LogP contribution in [0.25, 0.3) is 0 Å². The molecule has 0 unspecified atom stereocenters. The molecule has 2 rings (SSSR count). The maximum absolute atomic E-state index is 12.5. The number of halogens is 4. The predicted molar refractivity (Wildman–Crippen MR) is 95.0 cm³/mol. The van der Waals surface area contributed by atoms with Gasteiger partial charge in [0.15, 0.2) is 6.61 Å². The molecule has 0 saturated carbocycles. The standard InChI is InChI=1S/C16H11Cl2F2NO5S/c17-11-2-1-3-12(18)14(11)21-13(22)8-26-15(23)9-4-6-10(7-5-9)27(24,25)16(19)20/h1-7,16H,8H2,(H,21,22). The Balaban J connectivity index is 1.98. The minimum atomic E-state index is -4.76. The quantitative estimate of drug-likeness (QED) is 0.694. The summed E-state index contributed by atoms with van der Waals surface area (Å²) in [5.41, 5.74) is 0.0373. The predicted octanol–water partition coefficient (Wildman–Crippen LogP) is 3.79. The van der Waals surface area contributed by atoms with E-state index in [2.05, 4.69) is 5.32 Å². The van der Waals surface area contributed by atoms with Gasteiger partial charge in [-0.2, -0.15) is 8.78 Å². The Bertz CT molecular complexity index is 945. The van der Waals surface area contributed by atoms with Gasteiger partial charge in [0.1, 0.15) is 0 Å². The van der Waals surface area contributed by atoms with E-state index < -0.39 is 39.0 Å². The Hall–Kier alpha value is -2.23. The molecular weight excluding hydrogens is 427 g/mol. The molecule has 0 bridgehead atoms. The van der Waals surface area contributed by atoms with Gasteiger partial charge in [0, 0.05) is 0 Å². The lowest BCUT2D eigenvalue weighted by molar-refractivity contribution is -0.119. The number of para-hydroxylation sites is 1. The fraction of sp³-hybridized carbons (Fsp3) is 0.125. The van der Waals surface area contributed by atoms with E-state index in [1.165, 1.54) is 12.1 Å². The van der Waals surface area contributed by atoms with Crippen LogP contribution in [0.2, 0.25) is 10.0 Å². The third-order valence-corrected chi connectivity index (χ3v) is 5.24. The summed E-state index contributed by atoms with van der Waals surface area (Å²) in [7, 11) is -4.76. The largest absolute Gasteiger partial charge is 0.452 e. The molecule has 0 atom stereocenters. The van der Waals surface area contributed by atoms with E-state index in [-0.39, 0.29) is 21.3 Å². The molecule has 1 N–H and O–H groups in total. The summed E-state index contributed by atoms with van der Waals surface area (Å²) in [6.45, 7) is -0.669. The highest BCUT2D eigenvalue weighted by Gasteiger charge is 2.26. The second kappa shape index (κ2) is 8.64. The topological polar surface area (TPSA) is 89.5 Å². The molecule has 0 spiro atoms. The SMILES string of the molecule is O=C(COC(=O)c1ccc(S(=O)(=O)C(F)F)cc1)Nc1c(Cl)cccc1Cl. The van der Waals surface area contributed by atoms with Crippen LogP contribution in [0.5, 0.6) is 0 Å². The van der Waals surface area contributed by atoms with E-state index in [4.69, 9.17) is 27.9 Å². The fourth-order valence-electron chi connectivity index (χ4n) is 1.89. The first-order valence-electron chi connectivity index (χ1n) is 7.16. The van der Waals surface area contributed by atoms with Crippen molar-refractivity contribution in [3.63, 3.8) is 0 Å². The van der Waals surface area contributed by atoms with Crippen molar-refractivity contribution in [1.29, 1.82) is 0 Å². The number of hydrogen-bond acceptors (Lipinski definition) is 5. The van der Waals surface area contributed by atoms with Gasteiger partial charge in [-0.05, 0) is 36.4 Å². The number of carbonyl (C=O) groups excluding carboxylic acids is 2. The van der Waals surface area contributed by atoms with Crippen LogP contribution in [0.1, 0.15) is 10.4 Å². The molecule has 0 aliphatic heterocycles. The number of esters is 1. The molecular formula is C16H11Cl2F2NO5S. The highest BCUT2D eigenvalue weighted by atomic mass is 35.5. The maximum Gasteiger partial charge on any atom is 0.341 e. The molecule has 11 heteroatoms. The van der Waals surface area contributed by atoms with Gasteiger partial charge < -0.3 is 10.1 Å². The molecule has 6 nitrogen and oxygen atoms in total. The highest BCUT2D eigenvalue weighted by molar-refractivity contribution is 7.91. The number of carbonyl (C=O) groups is 2. The summed E-state index contributed by atoms with van der Waals surface area (Å²) in [6, 6.07) is 8.29. The van der Waals surface area contributed by atoms with E-state index in [1.807, 2.05) is 0 Å². The molecule has 0 saturated heterocycles. The Morgan fingerprint density at radius 2 is 1.59 bits per heavy atom. The van der Waals surface area contributed by atoms with E-state index in [1.54, 1.807) is 6.07 Å². The normalized spacial score (nSPS) is 11.3. The van der Waals surface area contributed by atoms with Crippen LogP contribution in [0, 0.1) is 0 Å². The first kappa shape index (κ1) is 21.1. The van der Waals surface area contributed by atoms with Gasteiger partial charge in [0.05, 0.1) is 26.2 Å². The smallest absolute Gasteiger partial charge is 0.341 e. The highest BCUT2D eigenvalue weighted by Crippen LogP contribution is 2.29. The van der Waals surface area contributed by atoms with E-state index >= 15 is 0 Å². The van der Waals surface area contributed by atoms with Crippen molar-refractivity contribution in [1.82, 2.24) is 0 Å².